The fourth-order valence-electron chi connectivity index (χ4n) is 4.53. The van der Waals surface area contributed by atoms with Gasteiger partial charge >= 0.3 is 0 Å². The van der Waals surface area contributed by atoms with E-state index in [1.54, 1.807) is 12.1 Å². The molecule has 2 aliphatic heterocycles. The summed E-state index contributed by atoms with van der Waals surface area (Å²) in [6, 6.07) is 6.43. The quantitative estimate of drug-likeness (QED) is 0.833. The molecule has 27 heavy (non-hydrogen) atoms. The lowest BCUT2D eigenvalue weighted by atomic mass is 9.72. The Morgan fingerprint density at radius 1 is 1.19 bits per heavy atom. The van der Waals surface area contributed by atoms with E-state index in [4.69, 9.17) is 4.74 Å². The molecule has 0 spiro atoms. The number of aryl methyl sites for hydroxylation is 1. The summed E-state index contributed by atoms with van der Waals surface area (Å²) in [6.07, 6.45) is 6.95. The van der Waals surface area contributed by atoms with E-state index in [-0.39, 0.29) is 11.7 Å². The predicted octanol–water partition coefficient (Wildman–Crippen LogP) is 3.01. The zero-order chi connectivity index (χ0) is 18.9. The van der Waals surface area contributed by atoms with E-state index in [0.717, 1.165) is 37.3 Å². The first-order valence-electron chi connectivity index (χ1n) is 9.70. The number of halogens is 1. The summed E-state index contributed by atoms with van der Waals surface area (Å²) in [5, 5.41) is 0. The van der Waals surface area contributed by atoms with Gasteiger partial charge in [0.15, 0.2) is 0 Å². The topological polar surface area (TPSA) is 47.4 Å². The first-order chi connectivity index (χ1) is 13.1. The monoisotopic (exact) mass is 371 g/mol. The molecule has 2 aliphatic rings. The van der Waals surface area contributed by atoms with Crippen molar-refractivity contribution in [3.8, 4) is 0 Å². The van der Waals surface area contributed by atoms with Crippen LogP contribution in [0.4, 0.5) is 4.39 Å². The molecule has 4 rings (SSSR count). The van der Waals surface area contributed by atoms with Gasteiger partial charge in [-0.1, -0.05) is 12.1 Å². The Morgan fingerprint density at radius 3 is 2.44 bits per heavy atom. The number of likely N-dealkylation sites (tertiary alicyclic amines) is 1. The summed E-state index contributed by atoms with van der Waals surface area (Å²) in [5.74, 6) is 1.38. The summed E-state index contributed by atoms with van der Waals surface area (Å²) in [4.78, 5) is 20.0. The van der Waals surface area contributed by atoms with Crippen LogP contribution in [0.2, 0.25) is 0 Å². The van der Waals surface area contributed by atoms with Gasteiger partial charge in [0.1, 0.15) is 11.6 Å². The minimum Gasteiger partial charge on any atom is -0.381 e. The summed E-state index contributed by atoms with van der Waals surface area (Å²) in [6.45, 7) is 2.60. The molecule has 5 nitrogen and oxygen atoms in total. The maximum absolute atomic E-state index is 13.6. The molecular formula is C21H26FN3O2. The third kappa shape index (κ3) is 3.38. The third-order valence-electron chi connectivity index (χ3n) is 6.16. The fourth-order valence-corrected chi connectivity index (χ4v) is 4.53. The molecule has 0 aliphatic carbocycles. The Hall–Kier alpha value is -2.21. The maximum atomic E-state index is 13.6. The van der Waals surface area contributed by atoms with Gasteiger partial charge in [-0.2, -0.15) is 0 Å². The van der Waals surface area contributed by atoms with Gasteiger partial charge in [-0.15, -0.1) is 0 Å². The largest absolute Gasteiger partial charge is 0.381 e. The molecule has 2 saturated heterocycles. The van der Waals surface area contributed by atoms with Crippen LogP contribution in [0, 0.1) is 5.82 Å². The lowest BCUT2D eigenvalue weighted by Gasteiger charge is -2.42. The van der Waals surface area contributed by atoms with Gasteiger partial charge in [0, 0.05) is 51.7 Å². The highest BCUT2D eigenvalue weighted by Crippen LogP contribution is 2.38. The number of nitrogens with zero attached hydrogens (tertiary/aromatic N) is 3. The van der Waals surface area contributed by atoms with Crippen molar-refractivity contribution in [1.82, 2.24) is 14.5 Å². The molecule has 2 fully saturated rings. The van der Waals surface area contributed by atoms with Crippen LogP contribution in [-0.2, 0) is 22.0 Å². The smallest absolute Gasteiger partial charge is 0.233 e. The number of ether oxygens (including phenoxy) is 1. The molecule has 1 aromatic carbocycles. The normalized spacial score (nSPS) is 20.6. The molecule has 0 N–H and O–H groups in total. The molecular weight excluding hydrogens is 345 g/mol. The number of amides is 1. The van der Waals surface area contributed by atoms with Crippen molar-refractivity contribution in [2.24, 2.45) is 7.05 Å². The van der Waals surface area contributed by atoms with Crippen molar-refractivity contribution in [1.29, 1.82) is 0 Å². The Balaban J connectivity index is 1.53. The first-order valence-corrected chi connectivity index (χ1v) is 9.70. The summed E-state index contributed by atoms with van der Waals surface area (Å²) >= 11 is 0. The molecule has 0 bridgehead atoms. The second-order valence-corrected chi connectivity index (χ2v) is 7.66. The van der Waals surface area contributed by atoms with Crippen molar-refractivity contribution in [3.05, 3.63) is 53.9 Å². The van der Waals surface area contributed by atoms with Crippen molar-refractivity contribution < 1.29 is 13.9 Å². The molecule has 1 aromatic heterocycles. The van der Waals surface area contributed by atoms with Crippen LogP contribution in [0.25, 0.3) is 0 Å². The predicted molar refractivity (Wildman–Crippen MR) is 99.9 cm³/mol. The standard InChI is InChI=1S/C21H26FN3O2/c1-24-13-10-23-19(24)16-6-11-25(12-7-16)20(26)21(8-14-27-15-9-21)17-2-4-18(22)5-3-17/h2-5,10,13,16H,6-9,11-12,14-15H2,1H3. The molecule has 144 valence electrons. The minimum absolute atomic E-state index is 0.163. The number of carbonyl (C=O) groups excluding carboxylic acids is 1. The Morgan fingerprint density at radius 2 is 1.85 bits per heavy atom. The number of benzene rings is 1. The Labute approximate surface area is 159 Å². The SMILES string of the molecule is Cn1ccnc1C1CCN(C(=O)C2(c3ccc(F)cc3)CCOCC2)CC1. The van der Waals surface area contributed by atoms with Crippen LogP contribution >= 0.6 is 0 Å². The highest BCUT2D eigenvalue weighted by atomic mass is 19.1. The highest BCUT2D eigenvalue weighted by Gasteiger charge is 2.44. The minimum atomic E-state index is -0.595. The van der Waals surface area contributed by atoms with E-state index in [2.05, 4.69) is 9.55 Å². The summed E-state index contributed by atoms with van der Waals surface area (Å²) in [5.41, 5.74) is 0.311. The third-order valence-corrected chi connectivity index (χ3v) is 6.16. The van der Waals surface area contributed by atoms with Crippen LogP contribution in [-0.4, -0.2) is 46.7 Å². The second kappa shape index (κ2) is 7.43. The number of hydrogen-bond donors (Lipinski definition) is 0. The van der Waals surface area contributed by atoms with E-state index >= 15 is 0 Å². The van der Waals surface area contributed by atoms with Crippen molar-refractivity contribution >= 4 is 5.91 Å². The van der Waals surface area contributed by atoms with Crippen LogP contribution in [0.5, 0.6) is 0 Å². The van der Waals surface area contributed by atoms with Gasteiger partial charge in [0.2, 0.25) is 5.91 Å². The Bertz CT molecular complexity index is 788. The molecule has 0 radical (unpaired) electrons. The number of imidazole rings is 1. The van der Waals surface area contributed by atoms with E-state index in [1.165, 1.54) is 12.1 Å². The summed E-state index contributed by atoms with van der Waals surface area (Å²) in [7, 11) is 2.02. The van der Waals surface area contributed by atoms with Gasteiger partial charge in [0.25, 0.3) is 0 Å². The second-order valence-electron chi connectivity index (χ2n) is 7.66. The van der Waals surface area contributed by atoms with Gasteiger partial charge in [-0.05, 0) is 43.4 Å². The van der Waals surface area contributed by atoms with Crippen LogP contribution in [0.1, 0.15) is 43.0 Å². The molecule has 0 saturated carbocycles. The highest BCUT2D eigenvalue weighted by molar-refractivity contribution is 5.88. The van der Waals surface area contributed by atoms with Gasteiger partial charge in [-0.25, -0.2) is 9.37 Å². The van der Waals surface area contributed by atoms with E-state index < -0.39 is 5.41 Å². The molecule has 1 amide bonds. The fraction of sp³-hybridized carbons (Fsp3) is 0.524. The number of hydrogen-bond acceptors (Lipinski definition) is 3. The van der Waals surface area contributed by atoms with Crippen molar-refractivity contribution in [2.75, 3.05) is 26.3 Å². The zero-order valence-corrected chi connectivity index (χ0v) is 15.7. The van der Waals surface area contributed by atoms with Gasteiger partial charge in [0.05, 0.1) is 5.41 Å². The molecule has 2 aromatic rings. The van der Waals surface area contributed by atoms with Crippen LogP contribution in [0.3, 0.4) is 0 Å². The summed E-state index contributed by atoms with van der Waals surface area (Å²) < 4.78 is 21.0. The van der Waals surface area contributed by atoms with Crippen LogP contribution in [0.15, 0.2) is 36.7 Å². The first kappa shape index (κ1) is 18.2. The molecule has 0 atom stereocenters. The van der Waals surface area contributed by atoms with Crippen molar-refractivity contribution in [3.63, 3.8) is 0 Å². The Kier molecular flexibility index (Phi) is 5.00. The van der Waals surface area contributed by atoms with Crippen LogP contribution < -0.4 is 0 Å². The molecule has 6 heteroatoms. The number of carbonyl (C=O) groups is 1. The lowest BCUT2D eigenvalue weighted by Crippen LogP contribution is -2.52. The van der Waals surface area contributed by atoms with E-state index in [0.29, 0.717) is 32.0 Å². The number of aromatic nitrogens is 2. The number of piperidine rings is 1. The average molecular weight is 371 g/mol. The lowest BCUT2D eigenvalue weighted by molar-refractivity contribution is -0.142. The molecule has 3 heterocycles. The van der Waals surface area contributed by atoms with E-state index in [1.807, 2.05) is 24.3 Å². The maximum Gasteiger partial charge on any atom is 0.233 e. The molecule has 0 unspecified atom stereocenters. The zero-order valence-electron chi connectivity index (χ0n) is 15.7. The van der Waals surface area contributed by atoms with Gasteiger partial charge in [-0.3, -0.25) is 4.79 Å². The van der Waals surface area contributed by atoms with Gasteiger partial charge < -0.3 is 14.2 Å². The van der Waals surface area contributed by atoms with Crippen molar-refractivity contribution in [2.45, 2.75) is 37.0 Å². The van der Waals surface area contributed by atoms with E-state index in [9.17, 15) is 9.18 Å². The number of rotatable bonds is 3. The average Bonchev–Trinajstić information content (AvgIpc) is 3.14.